The van der Waals surface area contributed by atoms with Crippen molar-refractivity contribution in [1.29, 1.82) is 0 Å². The lowest BCUT2D eigenvalue weighted by Gasteiger charge is -2.08. The van der Waals surface area contributed by atoms with E-state index in [1.54, 1.807) is 24.3 Å². The quantitative estimate of drug-likeness (QED) is 0.495. The van der Waals surface area contributed by atoms with Crippen LogP contribution in [0.5, 0.6) is 0 Å². The van der Waals surface area contributed by atoms with E-state index in [4.69, 9.17) is 4.55 Å². The molecule has 7 nitrogen and oxygen atoms in total. The molecule has 1 heterocycles. The minimum atomic E-state index is -4.54. The maximum absolute atomic E-state index is 11.2. The van der Waals surface area contributed by atoms with Crippen molar-refractivity contribution in [3.05, 3.63) is 46.1 Å². The zero-order valence-electron chi connectivity index (χ0n) is 9.11. The molecule has 0 saturated carbocycles. The standard InChI is InChI=1S/C10H10N2O5S/c13-12(14)6-10(18(15,16)17)8-5-11-9-4-2-1-3-7(8)9/h1-5,10-11H,6H2,(H,15,16,17)/t10-/m0/s1. The molecule has 1 aromatic carbocycles. The monoisotopic (exact) mass is 270 g/mol. The fraction of sp³-hybridized carbons (Fsp3) is 0.200. The third-order valence-corrected chi connectivity index (χ3v) is 3.76. The first-order valence-corrected chi connectivity index (χ1v) is 6.54. The van der Waals surface area contributed by atoms with Crippen LogP contribution in [-0.2, 0) is 10.1 Å². The lowest BCUT2D eigenvalue weighted by Crippen LogP contribution is -2.20. The van der Waals surface area contributed by atoms with Crippen molar-refractivity contribution in [2.75, 3.05) is 6.54 Å². The van der Waals surface area contributed by atoms with Gasteiger partial charge in [0.2, 0.25) is 6.54 Å². The van der Waals surface area contributed by atoms with Gasteiger partial charge in [0.25, 0.3) is 10.1 Å². The second-order valence-electron chi connectivity index (χ2n) is 3.81. The summed E-state index contributed by atoms with van der Waals surface area (Å²) in [5, 5.41) is 9.48. The van der Waals surface area contributed by atoms with Crippen LogP contribution in [0.3, 0.4) is 0 Å². The van der Waals surface area contributed by atoms with Gasteiger partial charge in [0.05, 0.1) is 0 Å². The Kier molecular flexibility index (Phi) is 3.05. The van der Waals surface area contributed by atoms with E-state index in [0.717, 1.165) is 0 Å². The van der Waals surface area contributed by atoms with Crippen molar-refractivity contribution in [2.45, 2.75) is 5.25 Å². The molecule has 2 aromatic rings. The zero-order valence-corrected chi connectivity index (χ0v) is 9.92. The number of hydrogen-bond donors (Lipinski definition) is 2. The Morgan fingerprint density at radius 3 is 2.67 bits per heavy atom. The van der Waals surface area contributed by atoms with Crippen molar-refractivity contribution >= 4 is 21.0 Å². The van der Waals surface area contributed by atoms with Crippen LogP contribution in [0.15, 0.2) is 30.5 Å². The molecule has 0 radical (unpaired) electrons. The summed E-state index contributed by atoms with van der Waals surface area (Å²) in [6, 6.07) is 6.79. The Morgan fingerprint density at radius 2 is 2.06 bits per heavy atom. The van der Waals surface area contributed by atoms with Crippen molar-refractivity contribution in [1.82, 2.24) is 4.98 Å². The minimum Gasteiger partial charge on any atom is -0.361 e. The summed E-state index contributed by atoms with van der Waals surface area (Å²) in [4.78, 5) is 12.6. The summed E-state index contributed by atoms with van der Waals surface area (Å²) in [6.45, 7) is -0.874. The highest BCUT2D eigenvalue weighted by molar-refractivity contribution is 7.86. The molecular weight excluding hydrogens is 260 g/mol. The number of nitrogens with zero attached hydrogens (tertiary/aromatic N) is 1. The highest BCUT2D eigenvalue weighted by Crippen LogP contribution is 2.29. The smallest absolute Gasteiger partial charge is 0.278 e. The van der Waals surface area contributed by atoms with Crippen molar-refractivity contribution < 1.29 is 17.9 Å². The van der Waals surface area contributed by atoms with Crippen LogP contribution < -0.4 is 0 Å². The first kappa shape index (κ1) is 12.5. The van der Waals surface area contributed by atoms with Crippen molar-refractivity contribution in [3.8, 4) is 0 Å². The largest absolute Gasteiger partial charge is 0.361 e. The summed E-state index contributed by atoms with van der Waals surface area (Å²) < 4.78 is 31.6. The Bertz CT molecular complexity index is 691. The van der Waals surface area contributed by atoms with E-state index < -0.39 is 26.8 Å². The number of nitrogens with one attached hydrogen (secondary N) is 1. The predicted molar refractivity (Wildman–Crippen MR) is 64.4 cm³/mol. The van der Waals surface area contributed by atoms with E-state index in [-0.39, 0.29) is 5.56 Å². The number of aromatic amines is 1. The number of rotatable bonds is 4. The number of aromatic nitrogens is 1. The fourth-order valence-corrected chi connectivity index (χ4v) is 2.67. The molecule has 0 amide bonds. The normalized spacial score (nSPS) is 13.6. The number of hydrogen-bond acceptors (Lipinski definition) is 4. The van der Waals surface area contributed by atoms with Gasteiger partial charge in [-0.25, -0.2) is 0 Å². The Hall–Kier alpha value is -1.93. The van der Waals surface area contributed by atoms with Gasteiger partial charge in [-0.05, 0) is 6.07 Å². The number of benzene rings is 1. The van der Waals surface area contributed by atoms with E-state index in [9.17, 15) is 18.5 Å². The lowest BCUT2D eigenvalue weighted by molar-refractivity contribution is -0.480. The van der Waals surface area contributed by atoms with E-state index in [1.165, 1.54) is 6.20 Å². The fourth-order valence-electron chi connectivity index (χ4n) is 1.85. The number of para-hydroxylation sites is 1. The molecule has 1 aromatic heterocycles. The molecule has 0 aliphatic carbocycles. The van der Waals surface area contributed by atoms with E-state index in [2.05, 4.69) is 4.98 Å². The SMILES string of the molecule is O=[N+]([O-])C[C@@H](c1c[nH]c2ccccc12)S(=O)(=O)O. The molecule has 2 N–H and O–H groups in total. The van der Waals surface area contributed by atoms with Crippen LogP contribution in [0.1, 0.15) is 10.8 Å². The number of fused-ring (bicyclic) bond motifs is 1. The van der Waals surface area contributed by atoms with Gasteiger partial charge in [-0.15, -0.1) is 0 Å². The van der Waals surface area contributed by atoms with E-state index in [0.29, 0.717) is 10.9 Å². The molecular formula is C10H10N2O5S. The van der Waals surface area contributed by atoms with Crippen LogP contribution in [0, 0.1) is 10.1 Å². The maximum Gasteiger partial charge on any atom is 0.278 e. The second-order valence-corrected chi connectivity index (χ2v) is 5.41. The summed E-state index contributed by atoms with van der Waals surface area (Å²) >= 11 is 0. The molecule has 18 heavy (non-hydrogen) atoms. The molecule has 0 aliphatic rings. The van der Waals surface area contributed by atoms with Gasteiger partial charge >= 0.3 is 0 Å². The molecule has 8 heteroatoms. The van der Waals surface area contributed by atoms with Gasteiger partial charge in [-0.1, -0.05) is 18.2 Å². The van der Waals surface area contributed by atoms with Crippen LogP contribution >= 0.6 is 0 Å². The van der Waals surface area contributed by atoms with E-state index >= 15 is 0 Å². The molecule has 0 spiro atoms. The van der Waals surface area contributed by atoms with Crippen LogP contribution in [0.25, 0.3) is 10.9 Å². The molecule has 0 bridgehead atoms. The summed E-state index contributed by atoms with van der Waals surface area (Å²) in [5.74, 6) is 0. The second kappa shape index (κ2) is 4.39. The van der Waals surface area contributed by atoms with Gasteiger partial charge in [0.15, 0.2) is 5.25 Å². The average Bonchev–Trinajstić information content (AvgIpc) is 2.67. The third kappa shape index (κ3) is 2.34. The topological polar surface area (TPSA) is 113 Å². The lowest BCUT2D eigenvalue weighted by atomic mass is 10.1. The molecule has 0 aliphatic heterocycles. The van der Waals surface area contributed by atoms with Crippen molar-refractivity contribution in [3.63, 3.8) is 0 Å². The summed E-state index contributed by atoms with van der Waals surface area (Å²) in [5.41, 5.74) is 0.856. The Labute approximate surface area is 102 Å². The highest BCUT2D eigenvalue weighted by atomic mass is 32.2. The number of nitro groups is 1. The average molecular weight is 270 g/mol. The third-order valence-electron chi connectivity index (χ3n) is 2.64. The first-order valence-electron chi connectivity index (χ1n) is 5.03. The van der Waals surface area contributed by atoms with Gasteiger partial charge in [0.1, 0.15) is 0 Å². The predicted octanol–water partition coefficient (Wildman–Crippen LogP) is 1.37. The minimum absolute atomic E-state index is 0.199. The van der Waals surface area contributed by atoms with Gasteiger partial charge in [0, 0.05) is 27.6 Å². The Balaban J connectivity index is 2.58. The number of H-pyrrole nitrogens is 1. The van der Waals surface area contributed by atoms with Crippen LogP contribution in [-0.4, -0.2) is 29.4 Å². The molecule has 2 rings (SSSR count). The van der Waals surface area contributed by atoms with E-state index in [1.807, 2.05) is 0 Å². The van der Waals surface area contributed by atoms with Gasteiger partial charge < -0.3 is 4.98 Å². The summed E-state index contributed by atoms with van der Waals surface area (Å²) in [7, 11) is -4.54. The first-order chi connectivity index (χ1) is 8.39. The van der Waals surface area contributed by atoms with Gasteiger partial charge in [-0.3, -0.25) is 14.7 Å². The van der Waals surface area contributed by atoms with Gasteiger partial charge in [-0.2, -0.15) is 8.42 Å². The zero-order chi connectivity index (χ0) is 13.3. The maximum atomic E-state index is 11.2. The Morgan fingerprint density at radius 1 is 1.39 bits per heavy atom. The molecule has 1 atom stereocenters. The molecule has 0 fully saturated rings. The summed E-state index contributed by atoms with van der Waals surface area (Å²) in [6.07, 6.45) is 1.37. The van der Waals surface area contributed by atoms with Crippen molar-refractivity contribution in [2.24, 2.45) is 0 Å². The molecule has 0 unspecified atom stereocenters. The molecule has 96 valence electrons. The van der Waals surface area contributed by atoms with Crippen LogP contribution in [0.4, 0.5) is 0 Å². The highest BCUT2D eigenvalue weighted by Gasteiger charge is 2.32. The molecule has 0 saturated heterocycles. The van der Waals surface area contributed by atoms with Crippen LogP contribution in [0.2, 0.25) is 0 Å².